The summed E-state index contributed by atoms with van der Waals surface area (Å²) in [6, 6.07) is 7.47. The van der Waals surface area contributed by atoms with E-state index in [0.717, 1.165) is 5.56 Å². The largest absolute Gasteiger partial charge is 0.369 e. The van der Waals surface area contributed by atoms with Crippen molar-refractivity contribution >= 4 is 17.5 Å². The van der Waals surface area contributed by atoms with Crippen LogP contribution >= 0.6 is 11.6 Å². The lowest BCUT2D eigenvalue weighted by Gasteiger charge is -2.11. The van der Waals surface area contributed by atoms with Gasteiger partial charge in [0.05, 0.1) is 0 Å². The van der Waals surface area contributed by atoms with Crippen molar-refractivity contribution in [1.82, 2.24) is 0 Å². The second kappa shape index (κ2) is 5.56. The summed E-state index contributed by atoms with van der Waals surface area (Å²) < 4.78 is 0. The van der Waals surface area contributed by atoms with Crippen molar-refractivity contribution < 1.29 is 4.79 Å². The molecule has 0 bridgehead atoms. The van der Waals surface area contributed by atoms with Gasteiger partial charge in [0, 0.05) is 10.9 Å². The number of halogens is 1. The van der Waals surface area contributed by atoms with Crippen LogP contribution in [-0.4, -0.2) is 5.91 Å². The quantitative estimate of drug-likeness (QED) is 0.766. The van der Waals surface area contributed by atoms with Gasteiger partial charge in [0.15, 0.2) is 0 Å². The molecule has 0 saturated carbocycles. The topological polar surface area (TPSA) is 43.1 Å². The number of benzene rings is 1. The molecule has 0 aliphatic carbocycles. The number of carbonyl (C=O) groups is 1. The highest BCUT2D eigenvalue weighted by Crippen LogP contribution is 2.20. The first-order chi connectivity index (χ1) is 7.15. The Morgan fingerprint density at radius 1 is 1.53 bits per heavy atom. The molecule has 0 aliphatic rings. The molecular weight excluding hydrogens is 210 g/mol. The second-order valence-electron chi connectivity index (χ2n) is 3.42. The number of rotatable bonds is 5. The van der Waals surface area contributed by atoms with E-state index in [1.54, 1.807) is 6.08 Å². The van der Waals surface area contributed by atoms with Gasteiger partial charge in [-0.3, -0.25) is 4.79 Å². The van der Waals surface area contributed by atoms with Gasteiger partial charge < -0.3 is 5.73 Å². The molecule has 80 valence electrons. The van der Waals surface area contributed by atoms with Gasteiger partial charge in [0.2, 0.25) is 5.91 Å². The molecule has 0 fully saturated rings. The van der Waals surface area contributed by atoms with Crippen LogP contribution < -0.4 is 5.73 Å². The zero-order chi connectivity index (χ0) is 11.3. The van der Waals surface area contributed by atoms with Crippen molar-refractivity contribution in [1.29, 1.82) is 0 Å². The maximum absolute atomic E-state index is 11.1. The van der Waals surface area contributed by atoms with Crippen molar-refractivity contribution in [2.45, 2.75) is 12.8 Å². The molecule has 1 unspecified atom stereocenters. The molecule has 15 heavy (non-hydrogen) atoms. The zero-order valence-electron chi connectivity index (χ0n) is 8.45. The smallest absolute Gasteiger partial charge is 0.221 e. The maximum Gasteiger partial charge on any atom is 0.221 e. The van der Waals surface area contributed by atoms with Gasteiger partial charge in [-0.2, -0.15) is 0 Å². The number of primary amides is 1. The first kappa shape index (κ1) is 11.8. The van der Waals surface area contributed by atoms with Crippen LogP contribution in [0.1, 0.15) is 12.0 Å². The summed E-state index contributed by atoms with van der Waals surface area (Å²) >= 11 is 6.00. The molecule has 1 atom stereocenters. The Kier molecular flexibility index (Phi) is 4.37. The van der Waals surface area contributed by atoms with Crippen LogP contribution in [0.5, 0.6) is 0 Å². The molecule has 0 spiro atoms. The third-order valence-corrected chi connectivity index (χ3v) is 2.65. The standard InChI is InChI=1S/C12H14ClNO/c1-2-5-10(12(14)15)8-9-6-3-4-7-11(9)13/h2-4,6-7,10H,1,5,8H2,(H2,14,15). The SMILES string of the molecule is C=CCC(Cc1ccccc1Cl)C(N)=O. The number of carbonyl (C=O) groups excluding carboxylic acids is 1. The summed E-state index contributed by atoms with van der Waals surface area (Å²) in [4.78, 5) is 11.1. The van der Waals surface area contributed by atoms with Crippen LogP contribution in [0.2, 0.25) is 5.02 Å². The van der Waals surface area contributed by atoms with E-state index >= 15 is 0 Å². The highest BCUT2D eigenvalue weighted by molar-refractivity contribution is 6.31. The molecule has 2 nitrogen and oxygen atoms in total. The molecule has 1 rings (SSSR count). The van der Waals surface area contributed by atoms with E-state index in [4.69, 9.17) is 17.3 Å². The van der Waals surface area contributed by atoms with Crippen LogP contribution in [0.15, 0.2) is 36.9 Å². The number of nitrogens with two attached hydrogens (primary N) is 1. The summed E-state index contributed by atoms with van der Waals surface area (Å²) in [5, 5.41) is 0.674. The zero-order valence-corrected chi connectivity index (χ0v) is 9.20. The van der Waals surface area contributed by atoms with E-state index in [2.05, 4.69) is 6.58 Å². The van der Waals surface area contributed by atoms with Gasteiger partial charge in [-0.15, -0.1) is 6.58 Å². The number of hydrogen-bond donors (Lipinski definition) is 1. The number of allylic oxidation sites excluding steroid dienone is 1. The highest BCUT2D eigenvalue weighted by atomic mass is 35.5. The Labute approximate surface area is 94.7 Å². The average Bonchev–Trinajstić information content (AvgIpc) is 2.20. The van der Waals surface area contributed by atoms with Gasteiger partial charge in [-0.05, 0) is 24.5 Å². The Hall–Kier alpha value is -1.28. The van der Waals surface area contributed by atoms with Crippen LogP contribution in [-0.2, 0) is 11.2 Å². The molecule has 3 heteroatoms. The monoisotopic (exact) mass is 223 g/mol. The van der Waals surface area contributed by atoms with Crippen LogP contribution in [0, 0.1) is 5.92 Å². The third kappa shape index (κ3) is 3.40. The summed E-state index contributed by atoms with van der Waals surface area (Å²) in [5.41, 5.74) is 6.24. The van der Waals surface area contributed by atoms with Gasteiger partial charge >= 0.3 is 0 Å². The highest BCUT2D eigenvalue weighted by Gasteiger charge is 2.15. The van der Waals surface area contributed by atoms with Gasteiger partial charge in [-0.1, -0.05) is 35.9 Å². The molecule has 2 N–H and O–H groups in total. The van der Waals surface area contributed by atoms with Crippen LogP contribution in [0.4, 0.5) is 0 Å². The lowest BCUT2D eigenvalue weighted by atomic mass is 9.95. The average molecular weight is 224 g/mol. The molecule has 1 aromatic rings. The fourth-order valence-corrected chi connectivity index (χ4v) is 1.64. The Morgan fingerprint density at radius 2 is 2.20 bits per heavy atom. The Balaban J connectivity index is 2.78. The van der Waals surface area contributed by atoms with E-state index in [0.29, 0.717) is 17.9 Å². The lowest BCUT2D eigenvalue weighted by Crippen LogP contribution is -2.24. The van der Waals surface area contributed by atoms with Crippen molar-refractivity contribution in [3.8, 4) is 0 Å². The predicted molar refractivity (Wildman–Crippen MR) is 62.7 cm³/mol. The lowest BCUT2D eigenvalue weighted by molar-refractivity contribution is -0.121. The number of amides is 1. The fraction of sp³-hybridized carbons (Fsp3) is 0.250. The summed E-state index contributed by atoms with van der Waals surface area (Å²) in [5.74, 6) is -0.530. The summed E-state index contributed by atoms with van der Waals surface area (Å²) in [6.07, 6.45) is 2.86. The molecule has 0 radical (unpaired) electrons. The molecule has 0 heterocycles. The van der Waals surface area contributed by atoms with E-state index < -0.39 is 0 Å². The third-order valence-electron chi connectivity index (χ3n) is 2.28. The van der Waals surface area contributed by atoms with E-state index in [1.807, 2.05) is 24.3 Å². The Morgan fingerprint density at radius 3 is 2.73 bits per heavy atom. The molecule has 0 aromatic heterocycles. The molecule has 1 amide bonds. The molecular formula is C12H14ClNO. The molecule has 1 aromatic carbocycles. The van der Waals surface area contributed by atoms with E-state index in [1.165, 1.54) is 0 Å². The van der Waals surface area contributed by atoms with Crippen LogP contribution in [0.25, 0.3) is 0 Å². The minimum Gasteiger partial charge on any atom is -0.369 e. The van der Waals surface area contributed by atoms with Crippen molar-refractivity contribution in [2.75, 3.05) is 0 Å². The van der Waals surface area contributed by atoms with Crippen molar-refractivity contribution in [3.05, 3.63) is 47.5 Å². The van der Waals surface area contributed by atoms with Gasteiger partial charge in [0.1, 0.15) is 0 Å². The van der Waals surface area contributed by atoms with Crippen LogP contribution in [0.3, 0.4) is 0 Å². The molecule has 0 saturated heterocycles. The van der Waals surface area contributed by atoms with Gasteiger partial charge in [-0.25, -0.2) is 0 Å². The first-order valence-electron chi connectivity index (χ1n) is 4.78. The second-order valence-corrected chi connectivity index (χ2v) is 3.83. The summed E-state index contributed by atoms with van der Waals surface area (Å²) in [6.45, 7) is 3.61. The van der Waals surface area contributed by atoms with Gasteiger partial charge in [0.25, 0.3) is 0 Å². The molecule has 0 aliphatic heterocycles. The fourth-order valence-electron chi connectivity index (χ4n) is 1.43. The van der Waals surface area contributed by atoms with E-state index in [-0.39, 0.29) is 11.8 Å². The maximum atomic E-state index is 11.1. The first-order valence-corrected chi connectivity index (χ1v) is 5.16. The Bertz CT molecular complexity index is 362. The summed E-state index contributed by atoms with van der Waals surface area (Å²) in [7, 11) is 0. The van der Waals surface area contributed by atoms with Crippen molar-refractivity contribution in [3.63, 3.8) is 0 Å². The minimum absolute atomic E-state index is 0.220. The van der Waals surface area contributed by atoms with Crippen molar-refractivity contribution in [2.24, 2.45) is 11.7 Å². The normalized spacial score (nSPS) is 12.1. The minimum atomic E-state index is -0.310. The predicted octanol–water partition coefficient (Wildman–Crippen LogP) is 2.56. The number of hydrogen-bond acceptors (Lipinski definition) is 1. The van der Waals surface area contributed by atoms with E-state index in [9.17, 15) is 4.79 Å².